The van der Waals surface area contributed by atoms with Crippen LogP contribution in [0.1, 0.15) is 13.8 Å². The van der Waals surface area contributed by atoms with Gasteiger partial charge in [0.2, 0.25) is 0 Å². The number of hydrogen-bond acceptors (Lipinski definition) is 2. The van der Waals surface area contributed by atoms with Gasteiger partial charge in [0.05, 0.1) is 20.6 Å². The second-order valence-electron chi connectivity index (χ2n) is 3.89. The normalized spacial score (nSPS) is 12.6. The third-order valence-corrected chi connectivity index (χ3v) is 2.09. The molecule has 1 unspecified atom stereocenters. The van der Waals surface area contributed by atoms with Crippen molar-refractivity contribution in [2.24, 2.45) is 0 Å². The molecule has 0 aliphatic carbocycles. The van der Waals surface area contributed by atoms with E-state index in [0.717, 1.165) is 17.6 Å². The number of carbonyl (C=O) groups is 1. The highest BCUT2D eigenvalue weighted by molar-refractivity contribution is 5.81. The summed E-state index contributed by atoms with van der Waals surface area (Å²) in [6, 6.07) is 0. The van der Waals surface area contributed by atoms with Gasteiger partial charge < -0.3 is 21.6 Å². The van der Waals surface area contributed by atoms with Crippen LogP contribution in [0.25, 0.3) is 0 Å². The number of likely N-dealkylation sites (N-methyl/N-ethyl adjacent to an activating group) is 1. The molecule has 0 aliphatic rings. The molecule has 0 amide bonds. The third kappa shape index (κ3) is 6.92. The first-order valence-electron chi connectivity index (χ1n) is 4.56. The van der Waals surface area contributed by atoms with Crippen LogP contribution in [0.2, 0.25) is 0 Å². The van der Waals surface area contributed by atoms with Gasteiger partial charge in [-0.3, -0.25) is 0 Å². The Labute approximate surface area is 92.7 Å². The molecule has 0 heterocycles. The van der Waals surface area contributed by atoms with Crippen molar-refractivity contribution in [3.63, 3.8) is 0 Å². The van der Waals surface area contributed by atoms with Crippen LogP contribution >= 0.6 is 0 Å². The van der Waals surface area contributed by atoms with Crippen LogP contribution in [0.5, 0.6) is 0 Å². The van der Waals surface area contributed by atoms with Crippen molar-refractivity contribution in [3.05, 3.63) is 12.7 Å². The predicted molar refractivity (Wildman–Crippen MR) is 53.3 cm³/mol. The number of nitrogens with zero attached hydrogens (tertiary/aromatic N) is 1. The largest absolute Gasteiger partial charge is 1.00 e. The van der Waals surface area contributed by atoms with Crippen LogP contribution < -0.4 is 12.4 Å². The van der Waals surface area contributed by atoms with Crippen LogP contribution in [0, 0.1) is 0 Å². The number of hydrogen-bond donors (Lipinski definition) is 0. The molecular weight excluding hydrogens is 202 g/mol. The van der Waals surface area contributed by atoms with Crippen molar-refractivity contribution >= 4 is 5.97 Å². The summed E-state index contributed by atoms with van der Waals surface area (Å²) in [5.41, 5.74) is 0. The summed E-state index contributed by atoms with van der Waals surface area (Å²) >= 11 is 0. The Kier molecular flexibility index (Phi) is 7.78. The molecule has 84 valence electrons. The summed E-state index contributed by atoms with van der Waals surface area (Å²) in [6.07, 6.45) is 1.14. The summed E-state index contributed by atoms with van der Waals surface area (Å²) in [7, 11) is 4.22. The number of halogens is 1. The Morgan fingerprint density at radius 1 is 1.57 bits per heavy atom. The van der Waals surface area contributed by atoms with Gasteiger partial charge in [-0.2, -0.15) is 0 Å². The molecule has 0 spiro atoms. The lowest BCUT2D eigenvalue weighted by Crippen LogP contribution is -3.00. The lowest BCUT2D eigenvalue weighted by Gasteiger charge is -2.30. The van der Waals surface area contributed by atoms with E-state index in [4.69, 9.17) is 4.74 Å². The summed E-state index contributed by atoms with van der Waals surface area (Å²) in [6.45, 7) is 9.22. The second-order valence-corrected chi connectivity index (χ2v) is 3.89. The molecule has 0 aliphatic heterocycles. The fourth-order valence-electron chi connectivity index (χ4n) is 1.11. The van der Waals surface area contributed by atoms with Crippen molar-refractivity contribution in [1.29, 1.82) is 0 Å². The van der Waals surface area contributed by atoms with Crippen LogP contribution in [0.15, 0.2) is 12.7 Å². The van der Waals surface area contributed by atoms with Crippen molar-refractivity contribution < 1.29 is 26.4 Å². The van der Waals surface area contributed by atoms with E-state index in [0.29, 0.717) is 0 Å². The molecule has 0 N–H and O–H groups in total. The van der Waals surface area contributed by atoms with E-state index < -0.39 is 0 Å². The molecule has 0 aromatic rings. The molecule has 0 aromatic carbocycles. The summed E-state index contributed by atoms with van der Waals surface area (Å²) in [5, 5.41) is 0. The maximum absolute atomic E-state index is 10.8. The Morgan fingerprint density at radius 2 is 2.07 bits per heavy atom. The Morgan fingerprint density at radius 3 is 2.43 bits per heavy atom. The van der Waals surface area contributed by atoms with Gasteiger partial charge in [-0.05, 0) is 13.8 Å². The molecule has 0 saturated carbocycles. The van der Waals surface area contributed by atoms with Gasteiger partial charge >= 0.3 is 5.97 Å². The zero-order chi connectivity index (χ0) is 10.5. The molecule has 4 heteroatoms. The van der Waals surface area contributed by atoms with E-state index in [-0.39, 0.29) is 24.5 Å². The Bertz CT molecular complexity index is 193. The smallest absolute Gasteiger partial charge is 0.330 e. The molecule has 0 fully saturated rings. The summed E-state index contributed by atoms with van der Waals surface area (Å²) in [4.78, 5) is 10.8. The van der Waals surface area contributed by atoms with E-state index >= 15 is 0 Å². The van der Waals surface area contributed by atoms with Crippen LogP contribution in [0.4, 0.5) is 0 Å². The Hall–Kier alpha value is -0.540. The minimum absolute atomic E-state index is 0. The van der Waals surface area contributed by atoms with Crippen molar-refractivity contribution in [2.75, 3.05) is 27.2 Å². The molecule has 0 rings (SSSR count). The lowest BCUT2D eigenvalue weighted by molar-refractivity contribution is -0.891. The van der Waals surface area contributed by atoms with E-state index in [1.807, 2.05) is 6.92 Å². The van der Waals surface area contributed by atoms with Crippen molar-refractivity contribution in [2.45, 2.75) is 20.0 Å². The summed E-state index contributed by atoms with van der Waals surface area (Å²) < 4.78 is 5.92. The molecule has 14 heavy (non-hydrogen) atoms. The molecule has 1 atom stereocenters. The maximum Gasteiger partial charge on any atom is 0.330 e. The van der Waals surface area contributed by atoms with Crippen molar-refractivity contribution in [3.8, 4) is 0 Å². The first-order chi connectivity index (χ1) is 5.91. The predicted octanol–water partition coefficient (Wildman–Crippen LogP) is -1.80. The zero-order valence-electron chi connectivity index (χ0n) is 9.42. The van der Waals surface area contributed by atoms with E-state index in [1.54, 1.807) is 0 Å². The number of quaternary nitrogens is 1. The molecule has 0 saturated heterocycles. The Balaban J connectivity index is 0. The number of rotatable bonds is 5. The minimum atomic E-state index is -0.344. The highest BCUT2D eigenvalue weighted by atomic mass is 35.5. The molecular formula is C10H20ClNO2. The fraction of sp³-hybridized carbons (Fsp3) is 0.700. The van der Waals surface area contributed by atoms with Gasteiger partial charge in [-0.25, -0.2) is 4.79 Å². The fourth-order valence-corrected chi connectivity index (χ4v) is 1.11. The molecule has 0 bridgehead atoms. The van der Waals surface area contributed by atoms with Gasteiger partial charge in [0.25, 0.3) is 0 Å². The van der Waals surface area contributed by atoms with Gasteiger partial charge in [0.1, 0.15) is 12.6 Å². The topological polar surface area (TPSA) is 26.3 Å². The first-order valence-corrected chi connectivity index (χ1v) is 4.56. The number of esters is 1. The zero-order valence-corrected chi connectivity index (χ0v) is 10.2. The standard InChI is InChI=1S/C10H20NO2.ClH/c1-6-10(12)13-9(3)8-11(4,5)7-2;/h6,9H,1,7-8H2,2-5H3;1H/q+1;/p-1. The van der Waals surface area contributed by atoms with E-state index in [9.17, 15) is 4.79 Å². The van der Waals surface area contributed by atoms with Gasteiger partial charge in [0, 0.05) is 6.08 Å². The average Bonchev–Trinajstić information content (AvgIpc) is 2.03. The molecule has 0 aromatic heterocycles. The van der Waals surface area contributed by atoms with Gasteiger partial charge in [-0.15, -0.1) is 0 Å². The van der Waals surface area contributed by atoms with Gasteiger partial charge in [-0.1, -0.05) is 6.58 Å². The highest BCUT2D eigenvalue weighted by Crippen LogP contribution is 2.02. The van der Waals surface area contributed by atoms with Crippen molar-refractivity contribution in [1.82, 2.24) is 0 Å². The molecule has 0 radical (unpaired) electrons. The minimum Gasteiger partial charge on any atom is -1.00 e. The number of ether oxygens (including phenoxy) is 1. The van der Waals surface area contributed by atoms with E-state index in [1.165, 1.54) is 6.08 Å². The quantitative estimate of drug-likeness (QED) is 0.311. The maximum atomic E-state index is 10.8. The van der Waals surface area contributed by atoms with E-state index in [2.05, 4.69) is 27.6 Å². The first kappa shape index (κ1) is 15.9. The monoisotopic (exact) mass is 221 g/mol. The van der Waals surface area contributed by atoms with Crippen LogP contribution in [-0.4, -0.2) is 43.7 Å². The lowest BCUT2D eigenvalue weighted by atomic mass is 10.3. The average molecular weight is 222 g/mol. The summed E-state index contributed by atoms with van der Waals surface area (Å²) in [5.74, 6) is -0.344. The second kappa shape index (κ2) is 6.85. The van der Waals surface area contributed by atoms with Crippen LogP contribution in [-0.2, 0) is 9.53 Å². The van der Waals surface area contributed by atoms with Gasteiger partial charge in [0.15, 0.2) is 0 Å². The number of carbonyl (C=O) groups excluding carboxylic acids is 1. The SMILES string of the molecule is C=CC(=O)OC(C)C[N+](C)(C)CC.[Cl-]. The highest BCUT2D eigenvalue weighted by Gasteiger charge is 2.18. The van der Waals surface area contributed by atoms with Crippen LogP contribution in [0.3, 0.4) is 0 Å². The third-order valence-electron chi connectivity index (χ3n) is 2.09. The molecule has 3 nitrogen and oxygen atoms in total.